The third-order valence-corrected chi connectivity index (χ3v) is 10.9. The van der Waals surface area contributed by atoms with E-state index >= 15 is 0 Å². The zero-order valence-corrected chi connectivity index (χ0v) is 15.9. The molecule has 1 aliphatic rings. The molecule has 0 fully saturated rings. The normalized spacial score (nSPS) is 16.0. The van der Waals surface area contributed by atoms with Crippen molar-refractivity contribution in [2.75, 3.05) is 13.3 Å². The van der Waals surface area contributed by atoms with Crippen molar-refractivity contribution in [3.8, 4) is 0 Å². The summed E-state index contributed by atoms with van der Waals surface area (Å²) in [4.78, 5) is 0. The molecule has 0 spiro atoms. The summed E-state index contributed by atoms with van der Waals surface area (Å²) in [6.07, 6.45) is 2.39. The minimum absolute atomic E-state index is 0. The Balaban J connectivity index is 0. The largest absolute Gasteiger partial charge is 0.147 e. The molecule has 0 N–H and O–H groups in total. The van der Waals surface area contributed by atoms with Crippen LogP contribution in [0.1, 0.15) is 21.7 Å². The first-order valence-electron chi connectivity index (χ1n) is 4.89. The molecule has 17 heavy (non-hydrogen) atoms. The Hall–Kier alpha value is 1.14. The van der Waals surface area contributed by atoms with E-state index in [0.717, 1.165) is 3.63 Å². The van der Waals surface area contributed by atoms with Gasteiger partial charge in [0.2, 0.25) is 0 Å². The Bertz CT molecular complexity index is 380. The van der Waals surface area contributed by atoms with Gasteiger partial charge in [-0.2, -0.15) is 0 Å². The van der Waals surface area contributed by atoms with Gasteiger partial charge in [0, 0.05) is 0 Å². The minimum atomic E-state index is -0.224. The third-order valence-electron chi connectivity index (χ3n) is 2.53. The van der Waals surface area contributed by atoms with Gasteiger partial charge >= 0.3 is 98.8 Å². The second kappa shape index (κ2) is 9.11. The first kappa shape index (κ1) is 20.5. The summed E-state index contributed by atoms with van der Waals surface area (Å²) in [7, 11) is 0. The molecule has 1 atom stereocenters. The van der Waals surface area contributed by atoms with Crippen LogP contribution in [0, 0.1) is 0 Å². The van der Waals surface area contributed by atoms with Crippen molar-refractivity contribution in [1.82, 2.24) is 0 Å². The summed E-state index contributed by atoms with van der Waals surface area (Å²) in [5.41, 5.74) is 4.72. The van der Waals surface area contributed by atoms with E-state index < -0.39 is 0 Å². The predicted octanol–water partition coefficient (Wildman–Crippen LogP) is 5.15. The van der Waals surface area contributed by atoms with Gasteiger partial charge in [-0.25, -0.2) is 0 Å². The standard InChI is InChI=1S/C10H9.C2H6P.3ClH.Zr/c1-8-6-9-4-2-3-5-10(9)7-8;1-3-2;;;;/h2-7H,1H3;1-2H3;3*1H;/q;-1;;;;+1. The van der Waals surface area contributed by atoms with Crippen LogP contribution in [-0.2, 0) is 22.7 Å². The average molecular weight is 391 g/mol. The summed E-state index contributed by atoms with van der Waals surface area (Å²) in [6.45, 7) is 7.19. The van der Waals surface area contributed by atoms with Crippen molar-refractivity contribution in [3.63, 3.8) is 0 Å². The maximum Gasteiger partial charge on any atom is -0.147 e. The summed E-state index contributed by atoms with van der Waals surface area (Å²) >= 11 is -0.224. The van der Waals surface area contributed by atoms with E-state index in [9.17, 15) is 0 Å². The van der Waals surface area contributed by atoms with E-state index in [4.69, 9.17) is 0 Å². The summed E-state index contributed by atoms with van der Waals surface area (Å²) in [5.74, 6) is 0. The topological polar surface area (TPSA) is 0 Å². The van der Waals surface area contributed by atoms with Gasteiger partial charge in [-0.05, 0) is 0 Å². The molecular formula is C12H18Cl3PZr. The van der Waals surface area contributed by atoms with Crippen LogP contribution in [-0.4, -0.2) is 13.3 Å². The van der Waals surface area contributed by atoms with Gasteiger partial charge < -0.3 is 0 Å². The molecule has 5 heteroatoms. The zero-order valence-electron chi connectivity index (χ0n) is 10.1. The van der Waals surface area contributed by atoms with Crippen LogP contribution in [0.4, 0.5) is 0 Å². The maximum atomic E-state index is 2.44. The molecule has 1 aromatic rings. The smallest absolute Gasteiger partial charge is 0.147 e. The van der Waals surface area contributed by atoms with Gasteiger partial charge in [0.1, 0.15) is 0 Å². The van der Waals surface area contributed by atoms with Crippen molar-refractivity contribution >= 4 is 48.5 Å². The fourth-order valence-corrected chi connectivity index (χ4v) is 9.95. The summed E-state index contributed by atoms with van der Waals surface area (Å²) < 4.78 is 0.871. The second-order valence-electron chi connectivity index (χ2n) is 3.97. The molecule has 1 unspecified atom stereocenters. The molecule has 0 bridgehead atoms. The van der Waals surface area contributed by atoms with Crippen LogP contribution >= 0.6 is 42.4 Å². The maximum absolute atomic E-state index is 2.44. The Morgan fingerprint density at radius 3 is 2.24 bits per heavy atom. The monoisotopic (exact) mass is 388 g/mol. The van der Waals surface area contributed by atoms with Crippen LogP contribution in [0.2, 0.25) is 0 Å². The molecule has 0 saturated heterocycles. The van der Waals surface area contributed by atoms with Crippen LogP contribution < -0.4 is 0 Å². The number of halogens is 3. The number of allylic oxidation sites excluding steroid dienone is 1. The molecule has 96 valence electrons. The van der Waals surface area contributed by atoms with Crippen molar-refractivity contribution in [3.05, 3.63) is 41.0 Å². The minimum Gasteiger partial charge on any atom is -0.147 e. The second-order valence-corrected chi connectivity index (χ2v) is 15.9. The molecule has 0 aliphatic heterocycles. The first-order chi connectivity index (χ1) is 6.68. The molecule has 0 radical (unpaired) electrons. The SMILES string of the molecule is CC1=Cc2ccccc2[CH]1[Zr][P](C)C.Cl.Cl.Cl. The summed E-state index contributed by atoms with van der Waals surface area (Å²) in [6, 6.07) is 8.92. The molecule has 0 saturated carbocycles. The van der Waals surface area contributed by atoms with E-state index in [1.165, 1.54) is 5.56 Å². The number of fused-ring (bicyclic) bond motifs is 1. The Kier molecular flexibility index (Phi) is 11.0. The first-order valence-corrected chi connectivity index (χ1v) is 11.8. The number of rotatable bonds is 2. The number of benzene rings is 1. The van der Waals surface area contributed by atoms with Gasteiger partial charge in [0.15, 0.2) is 0 Å². The quantitative estimate of drug-likeness (QED) is 0.613. The fraction of sp³-hybridized carbons (Fsp3) is 0.333. The van der Waals surface area contributed by atoms with Crippen LogP contribution in [0.15, 0.2) is 29.8 Å². The number of hydrogen-bond acceptors (Lipinski definition) is 0. The van der Waals surface area contributed by atoms with Crippen LogP contribution in [0.3, 0.4) is 0 Å². The van der Waals surface area contributed by atoms with Crippen molar-refractivity contribution in [1.29, 1.82) is 0 Å². The van der Waals surface area contributed by atoms with Crippen LogP contribution in [0.5, 0.6) is 0 Å². The van der Waals surface area contributed by atoms with Gasteiger partial charge in [0.05, 0.1) is 0 Å². The third kappa shape index (κ3) is 4.96. The Morgan fingerprint density at radius 1 is 1.06 bits per heavy atom. The molecule has 1 aliphatic carbocycles. The van der Waals surface area contributed by atoms with Crippen molar-refractivity contribution in [2.45, 2.75) is 10.5 Å². The van der Waals surface area contributed by atoms with E-state index in [2.05, 4.69) is 50.6 Å². The van der Waals surface area contributed by atoms with E-state index in [-0.39, 0.29) is 59.9 Å². The van der Waals surface area contributed by atoms with E-state index in [1.807, 2.05) is 0 Å². The van der Waals surface area contributed by atoms with E-state index in [1.54, 1.807) is 11.1 Å². The molecule has 0 aromatic heterocycles. The number of hydrogen-bond donors (Lipinski definition) is 0. The Morgan fingerprint density at radius 2 is 1.65 bits per heavy atom. The predicted molar refractivity (Wildman–Crippen MR) is 83.3 cm³/mol. The molecule has 0 nitrogen and oxygen atoms in total. The fourth-order valence-electron chi connectivity index (χ4n) is 1.91. The van der Waals surface area contributed by atoms with Crippen molar-refractivity contribution < 1.29 is 22.7 Å². The van der Waals surface area contributed by atoms with Crippen LogP contribution in [0.25, 0.3) is 6.08 Å². The van der Waals surface area contributed by atoms with Gasteiger partial charge in [-0.3, -0.25) is 0 Å². The van der Waals surface area contributed by atoms with Gasteiger partial charge in [-0.1, -0.05) is 0 Å². The summed E-state index contributed by atoms with van der Waals surface area (Å²) in [5, 5.41) is 0.367. The average Bonchev–Trinajstić information content (AvgIpc) is 2.43. The molecular weight excluding hydrogens is 373 g/mol. The molecule has 0 heterocycles. The van der Waals surface area contributed by atoms with Gasteiger partial charge in [0.25, 0.3) is 0 Å². The molecule has 2 rings (SSSR count). The van der Waals surface area contributed by atoms with Gasteiger partial charge in [-0.15, -0.1) is 37.2 Å². The Labute approximate surface area is 135 Å². The van der Waals surface area contributed by atoms with Crippen molar-refractivity contribution in [2.24, 2.45) is 0 Å². The molecule has 1 aromatic carbocycles. The van der Waals surface area contributed by atoms with E-state index in [0.29, 0.717) is 5.21 Å². The zero-order chi connectivity index (χ0) is 10.1. The molecule has 0 amide bonds.